The summed E-state index contributed by atoms with van der Waals surface area (Å²) >= 11 is 0. The van der Waals surface area contributed by atoms with Gasteiger partial charge in [-0.25, -0.2) is 9.59 Å². The lowest BCUT2D eigenvalue weighted by atomic mass is 9.73. The average molecular weight is 642 g/mol. The van der Waals surface area contributed by atoms with E-state index in [1.807, 2.05) is 13.8 Å². The Morgan fingerprint density at radius 1 is 0.891 bits per heavy atom. The van der Waals surface area contributed by atoms with Crippen LogP contribution in [0.4, 0.5) is 0 Å². The molecule has 1 aromatic carbocycles. The molecule has 1 aromatic rings. The van der Waals surface area contributed by atoms with Gasteiger partial charge >= 0.3 is 11.9 Å². The first-order valence-corrected chi connectivity index (χ1v) is 17.6. The molecule has 258 valence electrons. The van der Waals surface area contributed by atoms with Gasteiger partial charge in [0.2, 0.25) is 0 Å². The third kappa shape index (κ3) is 6.78. The van der Waals surface area contributed by atoms with Crippen LogP contribution >= 0.6 is 0 Å². The van der Waals surface area contributed by atoms with Crippen LogP contribution in [0.1, 0.15) is 139 Å². The molecule has 1 saturated carbocycles. The van der Waals surface area contributed by atoms with Gasteiger partial charge in [-0.2, -0.15) is 0 Å². The van der Waals surface area contributed by atoms with Crippen LogP contribution in [0.15, 0.2) is 35.9 Å². The van der Waals surface area contributed by atoms with Crippen LogP contribution in [0.3, 0.4) is 0 Å². The van der Waals surface area contributed by atoms with E-state index < -0.39 is 40.3 Å². The van der Waals surface area contributed by atoms with E-state index in [0.29, 0.717) is 31.6 Å². The molecule has 2 aliphatic carbocycles. The summed E-state index contributed by atoms with van der Waals surface area (Å²) in [5.41, 5.74) is -2.69. The number of epoxide rings is 1. The zero-order chi connectivity index (χ0) is 34.5. The number of benzene rings is 1. The van der Waals surface area contributed by atoms with Crippen molar-refractivity contribution < 1.29 is 33.6 Å². The van der Waals surface area contributed by atoms with Gasteiger partial charge in [0.1, 0.15) is 11.2 Å². The number of hydrogen-bond donors (Lipinski definition) is 2. The molecular formula is C39H61O7+. The minimum absolute atomic E-state index is 0.0299. The summed E-state index contributed by atoms with van der Waals surface area (Å²) < 4.78 is 16.0. The summed E-state index contributed by atoms with van der Waals surface area (Å²) in [7, 11) is 0. The van der Waals surface area contributed by atoms with Gasteiger partial charge in [-0.3, -0.25) is 0 Å². The third-order valence-electron chi connectivity index (χ3n) is 12.0. The van der Waals surface area contributed by atoms with Gasteiger partial charge in [-0.1, -0.05) is 67.0 Å². The van der Waals surface area contributed by atoms with Crippen LogP contribution in [-0.4, -0.2) is 56.3 Å². The van der Waals surface area contributed by atoms with Crippen LogP contribution in [0.5, 0.6) is 5.75 Å². The Hall–Kier alpha value is -2.38. The second-order valence-corrected chi connectivity index (χ2v) is 16.4. The van der Waals surface area contributed by atoms with Crippen molar-refractivity contribution in [3.8, 4) is 5.75 Å². The zero-order valence-electron chi connectivity index (χ0n) is 30.4. The van der Waals surface area contributed by atoms with E-state index in [4.69, 9.17) is 9.47 Å². The SMILES string of the molecule is CC1=CCC(OC(=O)C(C)(O)CCC(O)(C(=O)OC2(C(C)C)CCC3(C)C(C2)[O+]3c2ccc(C(C)C)cc2)C(C)C)(C(C)C)CC1. The van der Waals surface area contributed by atoms with E-state index in [9.17, 15) is 19.8 Å². The Bertz CT molecular complexity index is 1290. The van der Waals surface area contributed by atoms with Gasteiger partial charge in [0.05, 0.1) is 6.42 Å². The number of carbonyl (C=O) groups excluding carboxylic acids is 2. The molecule has 0 spiro atoms. The topological polar surface area (TPSA) is 95.8 Å². The summed E-state index contributed by atoms with van der Waals surface area (Å²) in [4.78, 5) is 27.4. The van der Waals surface area contributed by atoms with Gasteiger partial charge in [-0.15, -0.1) is 0 Å². The molecule has 7 nitrogen and oxygen atoms in total. The van der Waals surface area contributed by atoms with Gasteiger partial charge < -0.3 is 24.1 Å². The monoisotopic (exact) mass is 641 g/mol. The van der Waals surface area contributed by atoms with Gasteiger partial charge in [-0.05, 0) is 87.3 Å². The summed E-state index contributed by atoms with van der Waals surface area (Å²) in [5.74, 6) is -0.228. The van der Waals surface area contributed by atoms with Crippen LogP contribution in [0, 0.1) is 17.8 Å². The first-order chi connectivity index (χ1) is 21.2. The van der Waals surface area contributed by atoms with Crippen LogP contribution in [0.2, 0.25) is 0 Å². The molecule has 1 aliphatic heterocycles. The Kier molecular flexibility index (Phi) is 10.2. The first-order valence-electron chi connectivity index (χ1n) is 17.6. The normalized spacial score (nSPS) is 30.5. The Labute approximate surface area is 277 Å². The van der Waals surface area contributed by atoms with Crippen molar-refractivity contribution in [1.82, 2.24) is 0 Å². The lowest BCUT2D eigenvalue weighted by molar-refractivity contribution is -0.200. The minimum atomic E-state index is -1.88. The van der Waals surface area contributed by atoms with Gasteiger partial charge in [0, 0.05) is 31.9 Å². The van der Waals surface area contributed by atoms with E-state index in [1.165, 1.54) is 18.1 Å². The molecule has 1 heterocycles. The van der Waals surface area contributed by atoms with Crippen LogP contribution in [-0.2, 0) is 23.4 Å². The number of hydrogen-bond acceptors (Lipinski definition) is 6. The van der Waals surface area contributed by atoms with E-state index in [0.717, 1.165) is 18.6 Å². The van der Waals surface area contributed by atoms with E-state index in [-0.39, 0.29) is 36.4 Å². The molecule has 4 rings (SSSR count). The fourth-order valence-electron chi connectivity index (χ4n) is 7.50. The average Bonchev–Trinajstić information content (AvgIpc) is 3.60. The number of esters is 2. The summed E-state index contributed by atoms with van der Waals surface area (Å²) in [6, 6.07) is 8.69. The Morgan fingerprint density at radius 2 is 1.48 bits per heavy atom. The van der Waals surface area contributed by atoms with Crippen molar-refractivity contribution >= 4 is 11.9 Å². The highest BCUT2D eigenvalue weighted by atomic mass is 16.8. The Morgan fingerprint density at radius 3 is 1.98 bits per heavy atom. The van der Waals surface area contributed by atoms with Crippen LogP contribution in [0.25, 0.3) is 0 Å². The van der Waals surface area contributed by atoms with Crippen molar-refractivity contribution in [3.05, 3.63) is 41.5 Å². The highest BCUT2D eigenvalue weighted by molar-refractivity contribution is 5.81. The Balaban J connectivity index is 1.47. The summed E-state index contributed by atoms with van der Waals surface area (Å²) in [6.45, 7) is 21.9. The molecular weight excluding hydrogens is 580 g/mol. The maximum absolute atomic E-state index is 14.0. The maximum Gasteiger partial charge on any atom is 0.338 e. The predicted molar refractivity (Wildman–Crippen MR) is 182 cm³/mol. The maximum atomic E-state index is 14.0. The number of fused-ring (bicyclic) bond motifs is 1. The number of allylic oxidation sites excluding steroid dienone is 1. The molecule has 2 fully saturated rings. The molecule has 46 heavy (non-hydrogen) atoms. The molecule has 1 saturated heterocycles. The zero-order valence-corrected chi connectivity index (χ0v) is 30.4. The number of carbonyl (C=O) groups is 2. The van der Waals surface area contributed by atoms with Crippen molar-refractivity contribution in [1.29, 1.82) is 0 Å². The van der Waals surface area contributed by atoms with Gasteiger partial charge in [0.15, 0.2) is 11.2 Å². The number of rotatable bonds is 12. The standard InChI is InChI=1S/C39H61O7/c1-25(2)30-12-14-31(15-13-30)46-32-24-38(27(5)6,22-21-36(32,46)11)45-34(41)39(43,28(7)8)23-20-35(10,42)33(40)44-37(26(3)4)18-16-29(9)17-19-37/h12-16,25-28,32,42-43H,17-24H2,1-11H3/q+1. The highest BCUT2D eigenvalue weighted by Crippen LogP contribution is 2.64. The van der Waals surface area contributed by atoms with E-state index >= 15 is 0 Å². The first kappa shape index (κ1) is 36.5. The fourth-order valence-corrected chi connectivity index (χ4v) is 7.50. The lowest BCUT2D eigenvalue weighted by Crippen LogP contribution is -2.54. The molecule has 3 aliphatic rings. The van der Waals surface area contributed by atoms with Crippen molar-refractivity contribution in [2.24, 2.45) is 17.8 Å². The molecule has 0 bridgehead atoms. The molecule has 6 atom stereocenters. The quantitative estimate of drug-likeness (QED) is 0.103. The highest BCUT2D eigenvalue weighted by Gasteiger charge is 2.75. The summed E-state index contributed by atoms with van der Waals surface area (Å²) in [6.07, 6.45) is 6.31. The van der Waals surface area contributed by atoms with Crippen molar-refractivity contribution in [2.75, 3.05) is 0 Å². The molecule has 7 heteroatoms. The third-order valence-corrected chi connectivity index (χ3v) is 12.0. The minimum Gasteiger partial charge on any atom is -0.553 e. The predicted octanol–water partition coefficient (Wildman–Crippen LogP) is 8.32. The van der Waals surface area contributed by atoms with E-state index in [2.05, 4.69) is 76.3 Å². The molecule has 0 aromatic heterocycles. The second kappa shape index (κ2) is 12.9. The second-order valence-electron chi connectivity index (χ2n) is 16.4. The largest absolute Gasteiger partial charge is 0.553 e. The molecule has 6 unspecified atom stereocenters. The lowest BCUT2D eigenvalue weighted by Gasteiger charge is -2.42. The molecule has 0 radical (unpaired) electrons. The summed E-state index contributed by atoms with van der Waals surface area (Å²) in [5, 5.41) is 23.2. The molecule has 2 N–H and O–H groups in total. The van der Waals surface area contributed by atoms with E-state index in [1.54, 1.807) is 13.8 Å². The smallest absolute Gasteiger partial charge is 0.338 e. The van der Waals surface area contributed by atoms with Gasteiger partial charge in [0.25, 0.3) is 17.5 Å². The van der Waals surface area contributed by atoms with Crippen molar-refractivity contribution in [2.45, 2.75) is 168 Å². The molecule has 0 amide bonds. The van der Waals surface area contributed by atoms with Crippen LogP contribution < -0.4 is 0 Å². The number of aliphatic hydroxyl groups is 2. The van der Waals surface area contributed by atoms with Crippen molar-refractivity contribution in [3.63, 3.8) is 0 Å². The fraction of sp³-hybridized carbons (Fsp3) is 0.744. The number of ether oxygens (including phenoxy) is 2.